The number of aliphatic hydroxyl groups is 1. The second kappa shape index (κ2) is 9.73. The van der Waals surface area contributed by atoms with Gasteiger partial charge in [0, 0.05) is 6.42 Å². The molecule has 1 aromatic rings. The zero-order valence-electron chi connectivity index (χ0n) is 14.7. The maximum absolute atomic E-state index is 12.5. The van der Waals surface area contributed by atoms with E-state index in [2.05, 4.69) is 10.6 Å². The minimum atomic E-state index is -1.23. The van der Waals surface area contributed by atoms with E-state index in [0.29, 0.717) is 5.56 Å². The van der Waals surface area contributed by atoms with Crippen molar-refractivity contribution in [1.29, 1.82) is 0 Å². The third kappa shape index (κ3) is 6.34. The van der Waals surface area contributed by atoms with Gasteiger partial charge in [0.05, 0.1) is 6.61 Å². The van der Waals surface area contributed by atoms with Gasteiger partial charge in [0.25, 0.3) is 0 Å². The summed E-state index contributed by atoms with van der Waals surface area (Å²) in [7, 11) is 0. The molecule has 2 amide bonds. The van der Waals surface area contributed by atoms with Crippen LogP contribution >= 0.6 is 0 Å². The molecule has 0 aliphatic rings. The Morgan fingerprint density at radius 3 is 2.12 bits per heavy atom. The van der Waals surface area contributed by atoms with Crippen molar-refractivity contribution in [2.24, 2.45) is 11.7 Å². The van der Waals surface area contributed by atoms with E-state index in [9.17, 15) is 24.6 Å². The van der Waals surface area contributed by atoms with E-state index < -0.39 is 42.5 Å². The van der Waals surface area contributed by atoms with Crippen LogP contribution in [0, 0.1) is 5.92 Å². The number of carboxylic acids is 1. The monoisotopic (exact) mass is 367 g/mol. The molecule has 0 bridgehead atoms. The van der Waals surface area contributed by atoms with Gasteiger partial charge < -0.3 is 31.7 Å². The number of nitrogens with two attached hydrogens (primary N) is 1. The molecule has 0 heterocycles. The summed E-state index contributed by atoms with van der Waals surface area (Å²) in [5, 5.41) is 32.4. The lowest BCUT2D eigenvalue weighted by molar-refractivity contribution is -0.142. The zero-order valence-corrected chi connectivity index (χ0v) is 14.7. The molecular formula is C17H25N3O6. The van der Waals surface area contributed by atoms with Gasteiger partial charge in [-0.15, -0.1) is 0 Å². The molecule has 1 aromatic carbocycles. The normalized spacial score (nSPS) is 14.3. The first-order chi connectivity index (χ1) is 12.1. The molecule has 144 valence electrons. The molecule has 0 saturated carbocycles. The van der Waals surface area contributed by atoms with Gasteiger partial charge in [-0.05, 0) is 23.6 Å². The van der Waals surface area contributed by atoms with Crippen molar-refractivity contribution in [3.8, 4) is 5.75 Å². The van der Waals surface area contributed by atoms with Gasteiger partial charge in [-0.3, -0.25) is 9.59 Å². The van der Waals surface area contributed by atoms with Gasteiger partial charge in [0.2, 0.25) is 11.8 Å². The number of carboxylic acid groups (broad SMARTS) is 1. The number of amides is 2. The number of aliphatic carboxylic acids is 1. The number of carbonyl (C=O) groups is 3. The molecule has 0 radical (unpaired) electrons. The average molecular weight is 367 g/mol. The molecule has 1 rings (SSSR count). The minimum Gasteiger partial charge on any atom is -0.508 e. The Morgan fingerprint density at radius 1 is 1.08 bits per heavy atom. The number of phenolic OH excluding ortho intramolecular Hbond substituents is 1. The Hall–Kier alpha value is -2.65. The number of hydrogen-bond acceptors (Lipinski definition) is 6. The molecule has 0 fully saturated rings. The Morgan fingerprint density at radius 2 is 1.65 bits per heavy atom. The molecule has 0 aromatic heterocycles. The standard InChI is InChI=1S/C17H25N3O6/c1-9(2)14(20-15(23)12(18)8-21)16(24)19-13(17(25)26)7-10-3-5-11(22)6-4-10/h3-6,9,12-14,21-22H,7-8,18H2,1-2H3,(H,19,24)(H,20,23)(H,25,26). The number of carbonyl (C=O) groups excluding carboxylic acids is 2. The molecule has 0 spiro atoms. The van der Waals surface area contributed by atoms with Crippen LogP contribution in [0.25, 0.3) is 0 Å². The van der Waals surface area contributed by atoms with E-state index in [1.54, 1.807) is 26.0 Å². The summed E-state index contributed by atoms with van der Waals surface area (Å²) in [5.41, 5.74) is 6.03. The zero-order chi connectivity index (χ0) is 19.9. The fourth-order valence-electron chi connectivity index (χ4n) is 2.21. The molecule has 3 unspecified atom stereocenters. The van der Waals surface area contributed by atoms with Crippen molar-refractivity contribution in [2.45, 2.75) is 38.4 Å². The van der Waals surface area contributed by atoms with Crippen molar-refractivity contribution in [1.82, 2.24) is 10.6 Å². The van der Waals surface area contributed by atoms with E-state index in [-0.39, 0.29) is 18.1 Å². The van der Waals surface area contributed by atoms with E-state index in [4.69, 9.17) is 10.8 Å². The Labute approximate surface area is 151 Å². The van der Waals surface area contributed by atoms with E-state index >= 15 is 0 Å². The molecule has 0 aliphatic carbocycles. The molecule has 0 saturated heterocycles. The topological polar surface area (TPSA) is 162 Å². The van der Waals surface area contributed by atoms with Crippen LogP contribution in [0.2, 0.25) is 0 Å². The van der Waals surface area contributed by atoms with Crippen LogP contribution in [0.3, 0.4) is 0 Å². The van der Waals surface area contributed by atoms with Crippen molar-refractivity contribution < 1.29 is 29.7 Å². The third-order valence-electron chi connectivity index (χ3n) is 3.77. The summed E-state index contributed by atoms with van der Waals surface area (Å²) >= 11 is 0. The van der Waals surface area contributed by atoms with Crippen LogP contribution in [0.1, 0.15) is 19.4 Å². The summed E-state index contributed by atoms with van der Waals surface area (Å²) in [4.78, 5) is 35.7. The highest BCUT2D eigenvalue weighted by atomic mass is 16.4. The van der Waals surface area contributed by atoms with Crippen LogP contribution in [-0.4, -0.2) is 57.8 Å². The smallest absolute Gasteiger partial charge is 0.326 e. The van der Waals surface area contributed by atoms with Gasteiger partial charge in [0.1, 0.15) is 23.9 Å². The number of rotatable bonds is 9. The summed E-state index contributed by atoms with van der Waals surface area (Å²) < 4.78 is 0. The predicted molar refractivity (Wildman–Crippen MR) is 93.2 cm³/mol. The Kier molecular flexibility index (Phi) is 8.01. The quantitative estimate of drug-likeness (QED) is 0.325. The highest BCUT2D eigenvalue weighted by molar-refractivity contribution is 5.92. The van der Waals surface area contributed by atoms with Gasteiger partial charge in [-0.2, -0.15) is 0 Å². The van der Waals surface area contributed by atoms with Crippen molar-refractivity contribution in [2.75, 3.05) is 6.61 Å². The lowest BCUT2D eigenvalue weighted by Crippen LogP contribution is -2.57. The number of phenols is 1. The van der Waals surface area contributed by atoms with E-state index in [1.165, 1.54) is 12.1 Å². The first kappa shape index (κ1) is 21.4. The molecule has 9 heteroatoms. The van der Waals surface area contributed by atoms with E-state index in [0.717, 1.165) is 0 Å². The predicted octanol–water partition coefficient (Wildman–Crippen LogP) is -1.04. The van der Waals surface area contributed by atoms with Crippen LogP contribution in [-0.2, 0) is 20.8 Å². The molecule has 7 N–H and O–H groups in total. The highest BCUT2D eigenvalue weighted by Gasteiger charge is 2.29. The van der Waals surface area contributed by atoms with Crippen LogP contribution in [0.15, 0.2) is 24.3 Å². The van der Waals surface area contributed by atoms with Crippen molar-refractivity contribution in [3.63, 3.8) is 0 Å². The minimum absolute atomic E-state index is 0.0102. The molecule has 26 heavy (non-hydrogen) atoms. The lowest BCUT2D eigenvalue weighted by Gasteiger charge is -2.25. The van der Waals surface area contributed by atoms with Crippen molar-refractivity contribution >= 4 is 17.8 Å². The van der Waals surface area contributed by atoms with Crippen molar-refractivity contribution in [3.05, 3.63) is 29.8 Å². The maximum Gasteiger partial charge on any atom is 0.326 e. The number of benzene rings is 1. The SMILES string of the molecule is CC(C)C(NC(=O)C(N)CO)C(=O)NC(Cc1ccc(O)cc1)C(=O)O. The molecule has 0 aliphatic heterocycles. The van der Waals surface area contributed by atoms with Crippen LogP contribution in [0.4, 0.5) is 0 Å². The van der Waals surface area contributed by atoms with E-state index in [1.807, 2.05) is 0 Å². The molecule has 9 nitrogen and oxygen atoms in total. The number of hydrogen-bond donors (Lipinski definition) is 6. The number of aliphatic hydroxyl groups excluding tert-OH is 1. The van der Waals surface area contributed by atoms with Gasteiger partial charge in [-0.25, -0.2) is 4.79 Å². The van der Waals surface area contributed by atoms with Gasteiger partial charge >= 0.3 is 5.97 Å². The first-order valence-electron chi connectivity index (χ1n) is 8.13. The summed E-state index contributed by atoms with van der Waals surface area (Å²) in [5.74, 6) is -2.87. The Balaban J connectivity index is 2.83. The van der Waals surface area contributed by atoms with Gasteiger partial charge in [-0.1, -0.05) is 26.0 Å². The van der Waals surface area contributed by atoms with Gasteiger partial charge in [0.15, 0.2) is 0 Å². The fourth-order valence-corrected chi connectivity index (χ4v) is 2.21. The fraction of sp³-hybridized carbons (Fsp3) is 0.471. The third-order valence-corrected chi connectivity index (χ3v) is 3.77. The highest BCUT2D eigenvalue weighted by Crippen LogP contribution is 2.12. The number of nitrogens with one attached hydrogen (secondary N) is 2. The maximum atomic E-state index is 12.5. The first-order valence-corrected chi connectivity index (χ1v) is 8.13. The summed E-state index contributed by atoms with van der Waals surface area (Å²) in [6.45, 7) is 2.80. The average Bonchev–Trinajstić information content (AvgIpc) is 2.59. The largest absolute Gasteiger partial charge is 0.508 e. The van der Waals surface area contributed by atoms with Crippen LogP contribution < -0.4 is 16.4 Å². The molecule has 3 atom stereocenters. The Bertz CT molecular complexity index is 632. The second-order valence-corrected chi connectivity index (χ2v) is 6.29. The molecular weight excluding hydrogens is 342 g/mol. The summed E-state index contributed by atoms with van der Waals surface area (Å²) in [6, 6.07) is 2.57. The summed E-state index contributed by atoms with van der Waals surface area (Å²) in [6.07, 6.45) is 0.0102. The second-order valence-electron chi connectivity index (χ2n) is 6.29. The lowest BCUT2D eigenvalue weighted by atomic mass is 10.0. The number of aromatic hydroxyl groups is 1. The van der Waals surface area contributed by atoms with Crippen LogP contribution in [0.5, 0.6) is 5.75 Å².